The first-order valence-electron chi connectivity index (χ1n) is 11.8. The molecule has 11 atom stereocenters. The van der Waals surface area contributed by atoms with E-state index in [1.807, 2.05) is 0 Å². The topological polar surface area (TPSA) is 98.0 Å². The van der Waals surface area contributed by atoms with Gasteiger partial charge in [0.15, 0.2) is 0 Å². The van der Waals surface area contributed by atoms with Gasteiger partial charge in [0.1, 0.15) is 0 Å². The molecule has 4 fully saturated rings. The van der Waals surface area contributed by atoms with Gasteiger partial charge in [-0.2, -0.15) is 0 Å². The molecule has 4 rings (SSSR count). The SMILES string of the molecule is C[C@H](CCC(=O)O)[C@H]1CC[C@H]2[C@@H]3C[C@H](O)C4C[C@H](O)CC[C@]4(C)[C@H]3C[C@H](O)[C@]12C. The Balaban J connectivity index is 1.60. The zero-order valence-electron chi connectivity index (χ0n) is 18.3. The lowest BCUT2D eigenvalue weighted by molar-refractivity contribution is -0.202. The molecule has 5 nitrogen and oxygen atoms in total. The van der Waals surface area contributed by atoms with Gasteiger partial charge in [0.25, 0.3) is 0 Å². The molecule has 1 unspecified atom stereocenters. The van der Waals surface area contributed by atoms with Gasteiger partial charge in [-0.05, 0) is 97.7 Å². The van der Waals surface area contributed by atoms with Crippen LogP contribution in [0.4, 0.5) is 0 Å². The Labute approximate surface area is 174 Å². The fraction of sp³-hybridized carbons (Fsp3) is 0.958. The largest absolute Gasteiger partial charge is 0.481 e. The van der Waals surface area contributed by atoms with E-state index in [0.29, 0.717) is 36.5 Å². The first-order valence-corrected chi connectivity index (χ1v) is 11.8. The zero-order chi connectivity index (χ0) is 21.1. The van der Waals surface area contributed by atoms with E-state index in [1.165, 1.54) is 0 Å². The Bertz CT molecular complexity index is 637. The molecule has 4 aliphatic rings. The summed E-state index contributed by atoms with van der Waals surface area (Å²) in [5.41, 5.74) is -0.187. The van der Waals surface area contributed by atoms with Gasteiger partial charge in [-0.15, -0.1) is 0 Å². The molecular formula is C24H40O5. The van der Waals surface area contributed by atoms with Crippen LogP contribution >= 0.6 is 0 Å². The minimum atomic E-state index is -0.741. The van der Waals surface area contributed by atoms with E-state index < -0.39 is 5.97 Å². The van der Waals surface area contributed by atoms with Crippen LogP contribution in [0.15, 0.2) is 0 Å². The van der Waals surface area contributed by atoms with Crippen LogP contribution in [0.25, 0.3) is 0 Å². The molecular weight excluding hydrogens is 368 g/mol. The molecule has 166 valence electrons. The number of aliphatic hydroxyl groups is 3. The van der Waals surface area contributed by atoms with Crippen LogP contribution in [0, 0.1) is 46.3 Å². The molecule has 0 aliphatic heterocycles. The van der Waals surface area contributed by atoms with Crippen LogP contribution in [0.3, 0.4) is 0 Å². The van der Waals surface area contributed by atoms with Gasteiger partial charge < -0.3 is 20.4 Å². The maximum atomic E-state index is 11.5. The third kappa shape index (κ3) is 3.27. The molecule has 5 heteroatoms. The number of hydrogen-bond acceptors (Lipinski definition) is 4. The van der Waals surface area contributed by atoms with Gasteiger partial charge in [0.2, 0.25) is 0 Å². The van der Waals surface area contributed by atoms with E-state index in [0.717, 1.165) is 38.5 Å². The summed E-state index contributed by atoms with van der Waals surface area (Å²) in [7, 11) is 0. The predicted octanol–water partition coefficient (Wildman–Crippen LogP) is 3.45. The molecule has 0 aromatic carbocycles. The number of hydrogen-bond donors (Lipinski definition) is 4. The Kier molecular flexibility index (Phi) is 5.57. The number of aliphatic carboxylic acids is 1. The normalized spacial score (nSPS) is 52.9. The highest BCUT2D eigenvalue weighted by atomic mass is 16.4. The summed E-state index contributed by atoms with van der Waals surface area (Å²) in [6, 6.07) is 0. The molecule has 0 saturated heterocycles. The van der Waals surface area contributed by atoms with Crippen molar-refractivity contribution in [3.05, 3.63) is 0 Å². The standard InChI is InChI=1S/C24H40O5/c1-13(4-7-22(28)29)16-5-6-17-15-11-20(26)19-10-14(25)8-9-23(19,2)18(15)12-21(27)24(16,17)3/h13-21,25-27H,4-12H2,1-3H3,(H,28,29)/t13-,14-,15+,16-,17+,18+,19?,20+,21+,23-,24-/m1/s1. The number of carboxylic acids is 1. The Morgan fingerprint density at radius 2 is 1.72 bits per heavy atom. The quantitative estimate of drug-likeness (QED) is 0.571. The smallest absolute Gasteiger partial charge is 0.303 e. The van der Waals surface area contributed by atoms with Crippen LogP contribution in [-0.2, 0) is 4.79 Å². The van der Waals surface area contributed by atoms with E-state index in [9.17, 15) is 20.1 Å². The summed E-state index contributed by atoms with van der Waals surface area (Å²) < 4.78 is 0. The van der Waals surface area contributed by atoms with Crippen LogP contribution in [0.5, 0.6) is 0 Å². The molecule has 0 bridgehead atoms. The third-order valence-electron chi connectivity index (χ3n) is 10.3. The van der Waals surface area contributed by atoms with Crippen LogP contribution < -0.4 is 0 Å². The lowest BCUT2D eigenvalue weighted by atomic mass is 9.43. The molecule has 4 saturated carbocycles. The van der Waals surface area contributed by atoms with Crippen molar-refractivity contribution in [2.24, 2.45) is 46.3 Å². The highest BCUT2D eigenvalue weighted by Gasteiger charge is 2.65. The van der Waals surface area contributed by atoms with Crippen LogP contribution in [0.2, 0.25) is 0 Å². The Morgan fingerprint density at radius 3 is 2.41 bits per heavy atom. The monoisotopic (exact) mass is 408 g/mol. The second-order valence-electron chi connectivity index (χ2n) is 11.4. The van der Waals surface area contributed by atoms with Gasteiger partial charge in [-0.25, -0.2) is 0 Å². The average Bonchev–Trinajstić information content (AvgIpc) is 3.02. The number of aliphatic hydroxyl groups excluding tert-OH is 3. The molecule has 0 heterocycles. The van der Waals surface area contributed by atoms with Crippen LogP contribution in [-0.4, -0.2) is 44.7 Å². The van der Waals surface area contributed by atoms with Crippen LogP contribution in [0.1, 0.15) is 78.6 Å². The van der Waals surface area contributed by atoms with Gasteiger partial charge >= 0.3 is 5.97 Å². The van der Waals surface area contributed by atoms with Gasteiger partial charge in [0, 0.05) is 6.42 Å². The second kappa shape index (κ2) is 7.49. The number of fused-ring (bicyclic) bond motifs is 5. The molecule has 4 aliphatic carbocycles. The summed E-state index contributed by atoms with van der Waals surface area (Å²) in [5, 5.41) is 41.8. The molecule has 0 radical (unpaired) electrons. The van der Waals surface area contributed by atoms with E-state index in [1.54, 1.807) is 0 Å². The summed E-state index contributed by atoms with van der Waals surface area (Å²) in [6.07, 6.45) is 5.97. The van der Waals surface area contributed by atoms with Crippen molar-refractivity contribution in [1.29, 1.82) is 0 Å². The molecule has 0 aromatic heterocycles. The van der Waals surface area contributed by atoms with Crippen molar-refractivity contribution in [3.8, 4) is 0 Å². The minimum absolute atomic E-state index is 0.00309. The van der Waals surface area contributed by atoms with Crippen molar-refractivity contribution in [1.82, 2.24) is 0 Å². The molecule has 29 heavy (non-hydrogen) atoms. The van der Waals surface area contributed by atoms with Crippen molar-refractivity contribution >= 4 is 5.97 Å². The van der Waals surface area contributed by atoms with E-state index in [2.05, 4.69) is 20.8 Å². The maximum absolute atomic E-state index is 11.5. The fourth-order valence-electron chi connectivity index (χ4n) is 8.76. The minimum Gasteiger partial charge on any atom is -0.481 e. The summed E-state index contributed by atoms with van der Waals surface area (Å²) >= 11 is 0. The van der Waals surface area contributed by atoms with Crippen molar-refractivity contribution in [3.63, 3.8) is 0 Å². The average molecular weight is 409 g/mol. The van der Waals surface area contributed by atoms with Crippen molar-refractivity contribution < 1.29 is 25.2 Å². The van der Waals surface area contributed by atoms with E-state index >= 15 is 0 Å². The van der Waals surface area contributed by atoms with Gasteiger partial charge in [-0.1, -0.05) is 20.8 Å². The van der Waals surface area contributed by atoms with Gasteiger partial charge in [-0.3, -0.25) is 4.79 Å². The summed E-state index contributed by atoms with van der Waals surface area (Å²) in [6.45, 7) is 6.72. The number of rotatable bonds is 4. The van der Waals surface area contributed by atoms with E-state index in [4.69, 9.17) is 5.11 Å². The first-order chi connectivity index (χ1) is 13.6. The molecule has 0 aromatic rings. The molecule has 4 N–H and O–H groups in total. The highest BCUT2D eigenvalue weighted by Crippen LogP contribution is 2.68. The number of carbonyl (C=O) groups is 1. The molecule has 0 amide bonds. The Hall–Kier alpha value is -0.650. The maximum Gasteiger partial charge on any atom is 0.303 e. The predicted molar refractivity (Wildman–Crippen MR) is 110 cm³/mol. The molecule has 0 spiro atoms. The van der Waals surface area contributed by atoms with Gasteiger partial charge in [0.05, 0.1) is 18.3 Å². The fourth-order valence-corrected chi connectivity index (χ4v) is 8.76. The zero-order valence-corrected chi connectivity index (χ0v) is 18.3. The third-order valence-corrected chi connectivity index (χ3v) is 10.3. The lowest BCUT2D eigenvalue weighted by Crippen LogP contribution is -2.61. The first kappa shape index (κ1) is 21.6. The van der Waals surface area contributed by atoms with E-state index in [-0.39, 0.29) is 47.4 Å². The summed E-state index contributed by atoms with van der Waals surface area (Å²) in [5.74, 6) is 1.25. The highest BCUT2D eigenvalue weighted by molar-refractivity contribution is 5.66. The van der Waals surface area contributed by atoms with Crippen molar-refractivity contribution in [2.75, 3.05) is 0 Å². The second-order valence-corrected chi connectivity index (χ2v) is 11.4. The van der Waals surface area contributed by atoms with Crippen molar-refractivity contribution in [2.45, 2.75) is 96.9 Å². The summed E-state index contributed by atoms with van der Waals surface area (Å²) in [4.78, 5) is 11.1. The Morgan fingerprint density at radius 1 is 1.00 bits per heavy atom. The lowest BCUT2D eigenvalue weighted by Gasteiger charge is -2.63. The number of carboxylic acid groups (broad SMARTS) is 1.